The van der Waals surface area contributed by atoms with Gasteiger partial charge in [0.1, 0.15) is 5.75 Å². The van der Waals surface area contributed by atoms with Gasteiger partial charge in [0.15, 0.2) is 0 Å². The Morgan fingerprint density at radius 3 is 2.15 bits per heavy atom. The predicted molar refractivity (Wildman–Crippen MR) is 69.3 cm³/mol. The van der Waals surface area contributed by atoms with Gasteiger partial charge in [-0.1, -0.05) is 23.8 Å². The number of hydrogen-bond acceptors (Lipinski definition) is 4. The van der Waals surface area contributed by atoms with Gasteiger partial charge in [0.25, 0.3) is 0 Å². The average molecular weight is 278 g/mol. The number of carboxylic acids is 2. The van der Waals surface area contributed by atoms with Gasteiger partial charge >= 0.3 is 17.9 Å². The molecule has 0 saturated carbocycles. The molecule has 1 aromatic rings. The minimum absolute atomic E-state index is 0.167. The molecular weight excluding hydrogens is 264 g/mol. The third-order valence-corrected chi connectivity index (χ3v) is 2.49. The van der Waals surface area contributed by atoms with E-state index in [-0.39, 0.29) is 17.6 Å². The Labute approximate surface area is 115 Å². The molecule has 1 rings (SSSR count). The monoisotopic (exact) mass is 278 g/mol. The third kappa shape index (κ3) is 4.93. The van der Waals surface area contributed by atoms with Gasteiger partial charge in [-0.3, -0.25) is 9.59 Å². The van der Waals surface area contributed by atoms with Crippen LogP contribution in [-0.4, -0.2) is 28.1 Å². The van der Waals surface area contributed by atoms with Gasteiger partial charge in [-0.2, -0.15) is 0 Å². The van der Waals surface area contributed by atoms with Crippen molar-refractivity contribution in [3.05, 3.63) is 41.5 Å². The zero-order chi connectivity index (χ0) is 15.1. The topological polar surface area (TPSA) is 101 Å². The van der Waals surface area contributed by atoms with Gasteiger partial charge in [-0.25, -0.2) is 4.79 Å². The molecule has 0 unspecified atom stereocenters. The molecule has 20 heavy (non-hydrogen) atoms. The van der Waals surface area contributed by atoms with Crippen molar-refractivity contribution in [1.29, 1.82) is 0 Å². The highest BCUT2D eigenvalue weighted by atomic mass is 16.5. The standard InChI is InChI=1S/C14H14O6/c1-9(11(14(18)19)8-12(15)16)7-13(17)20-10-5-3-2-4-6-10/h2-6H,7-8H2,1H3,(H,15,16)(H,18,19). The lowest BCUT2D eigenvalue weighted by Crippen LogP contribution is -2.13. The number of carbonyl (C=O) groups excluding carboxylic acids is 1. The van der Waals surface area contributed by atoms with Crippen molar-refractivity contribution >= 4 is 17.9 Å². The number of hydrogen-bond donors (Lipinski definition) is 2. The minimum atomic E-state index is -1.35. The fourth-order valence-corrected chi connectivity index (χ4v) is 1.54. The van der Waals surface area contributed by atoms with Crippen LogP contribution in [0.5, 0.6) is 5.75 Å². The average Bonchev–Trinajstić information content (AvgIpc) is 2.36. The SMILES string of the molecule is CC(CC(=O)Oc1ccccc1)=C(CC(=O)O)C(=O)O. The van der Waals surface area contributed by atoms with Gasteiger partial charge in [0.05, 0.1) is 12.8 Å². The van der Waals surface area contributed by atoms with Gasteiger partial charge in [-0.05, 0) is 19.1 Å². The number of aliphatic carboxylic acids is 2. The third-order valence-electron chi connectivity index (χ3n) is 2.49. The first-order chi connectivity index (χ1) is 9.40. The normalized spacial score (nSPS) is 11.4. The fourth-order valence-electron chi connectivity index (χ4n) is 1.54. The molecule has 6 heteroatoms. The van der Waals surface area contributed by atoms with Crippen LogP contribution in [0.15, 0.2) is 41.5 Å². The van der Waals surface area contributed by atoms with Crippen LogP contribution in [0.4, 0.5) is 0 Å². The Morgan fingerprint density at radius 1 is 1.05 bits per heavy atom. The highest BCUT2D eigenvalue weighted by Gasteiger charge is 2.17. The van der Waals surface area contributed by atoms with E-state index < -0.39 is 24.3 Å². The molecule has 0 heterocycles. The quantitative estimate of drug-likeness (QED) is 0.468. The lowest BCUT2D eigenvalue weighted by Gasteiger charge is -2.07. The molecule has 0 fully saturated rings. The van der Waals surface area contributed by atoms with Gasteiger partial charge < -0.3 is 14.9 Å². The Hall–Kier alpha value is -2.63. The molecule has 2 N–H and O–H groups in total. The second kappa shape index (κ2) is 7.08. The number of rotatable bonds is 6. The summed E-state index contributed by atoms with van der Waals surface area (Å²) in [5.74, 6) is -2.91. The molecule has 1 aromatic carbocycles. The number of benzene rings is 1. The summed E-state index contributed by atoms with van der Waals surface area (Å²) in [4.78, 5) is 33.2. The van der Waals surface area contributed by atoms with Crippen LogP contribution >= 0.6 is 0 Å². The largest absolute Gasteiger partial charge is 0.481 e. The van der Waals surface area contributed by atoms with Crippen molar-refractivity contribution in [3.63, 3.8) is 0 Å². The van der Waals surface area contributed by atoms with E-state index in [1.807, 2.05) is 0 Å². The molecular formula is C14H14O6. The molecule has 106 valence electrons. The summed E-state index contributed by atoms with van der Waals surface area (Å²) in [7, 11) is 0. The molecule has 0 aliphatic carbocycles. The summed E-state index contributed by atoms with van der Waals surface area (Å²) in [5.41, 5.74) is -0.136. The smallest absolute Gasteiger partial charge is 0.332 e. The minimum Gasteiger partial charge on any atom is -0.481 e. The van der Waals surface area contributed by atoms with E-state index in [2.05, 4.69) is 0 Å². The molecule has 0 atom stereocenters. The number of para-hydroxylation sites is 1. The maximum absolute atomic E-state index is 11.6. The van der Waals surface area contributed by atoms with Gasteiger partial charge in [0, 0.05) is 5.57 Å². The fraction of sp³-hybridized carbons (Fsp3) is 0.214. The van der Waals surface area contributed by atoms with E-state index in [9.17, 15) is 14.4 Å². The molecule has 0 aliphatic rings. The Kier molecular flexibility index (Phi) is 5.46. The van der Waals surface area contributed by atoms with Crippen molar-refractivity contribution in [2.24, 2.45) is 0 Å². The van der Waals surface area contributed by atoms with Crippen LogP contribution in [0.3, 0.4) is 0 Å². The van der Waals surface area contributed by atoms with Crippen molar-refractivity contribution in [2.75, 3.05) is 0 Å². The number of carbonyl (C=O) groups is 3. The van der Waals surface area contributed by atoms with E-state index in [1.54, 1.807) is 30.3 Å². The second-order valence-corrected chi connectivity index (χ2v) is 4.10. The first-order valence-corrected chi connectivity index (χ1v) is 5.79. The second-order valence-electron chi connectivity index (χ2n) is 4.10. The summed E-state index contributed by atoms with van der Waals surface area (Å²) in [6.45, 7) is 1.40. The molecule has 0 radical (unpaired) electrons. The maximum Gasteiger partial charge on any atom is 0.332 e. The molecule has 0 bridgehead atoms. The zero-order valence-corrected chi connectivity index (χ0v) is 10.8. The van der Waals surface area contributed by atoms with E-state index in [1.165, 1.54) is 6.92 Å². The Balaban J connectivity index is 2.76. The Bertz CT molecular complexity index is 544. The molecule has 6 nitrogen and oxygen atoms in total. The van der Waals surface area contributed by atoms with Crippen molar-refractivity contribution in [3.8, 4) is 5.75 Å². The maximum atomic E-state index is 11.6. The summed E-state index contributed by atoms with van der Waals surface area (Å²) in [6, 6.07) is 8.33. The highest BCUT2D eigenvalue weighted by molar-refractivity contribution is 5.93. The number of esters is 1. The summed E-state index contributed by atoms with van der Waals surface area (Å²) in [6.07, 6.45) is -0.913. The Morgan fingerprint density at radius 2 is 1.65 bits per heavy atom. The van der Waals surface area contributed by atoms with Crippen LogP contribution in [-0.2, 0) is 14.4 Å². The molecule has 0 saturated heterocycles. The molecule has 0 aromatic heterocycles. The van der Waals surface area contributed by atoms with Crippen molar-refractivity contribution in [2.45, 2.75) is 19.8 Å². The molecule has 0 amide bonds. The van der Waals surface area contributed by atoms with E-state index in [0.29, 0.717) is 5.75 Å². The lowest BCUT2D eigenvalue weighted by molar-refractivity contribution is -0.140. The van der Waals surface area contributed by atoms with Crippen LogP contribution < -0.4 is 4.74 Å². The summed E-state index contributed by atoms with van der Waals surface area (Å²) in [5, 5.41) is 17.6. The summed E-state index contributed by atoms with van der Waals surface area (Å²) >= 11 is 0. The number of ether oxygens (including phenoxy) is 1. The van der Waals surface area contributed by atoms with E-state index >= 15 is 0 Å². The van der Waals surface area contributed by atoms with Crippen LogP contribution in [0.1, 0.15) is 19.8 Å². The zero-order valence-electron chi connectivity index (χ0n) is 10.8. The predicted octanol–water partition coefficient (Wildman–Crippen LogP) is 1.86. The van der Waals surface area contributed by atoms with Gasteiger partial charge in [-0.15, -0.1) is 0 Å². The first-order valence-electron chi connectivity index (χ1n) is 5.79. The van der Waals surface area contributed by atoms with E-state index in [4.69, 9.17) is 14.9 Å². The lowest BCUT2D eigenvalue weighted by atomic mass is 10.0. The molecule has 0 aliphatic heterocycles. The number of carboxylic acid groups (broad SMARTS) is 2. The van der Waals surface area contributed by atoms with Crippen LogP contribution in [0, 0.1) is 0 Å². The first kappa shape index (κ1) is 15.4. The van der Waals surface area contributed by atoms with Crippen molar-refractivity contribution < 1.29 is 29.3 Å². The highest BCUT2D eigenvalue weighted by Crippen LogP contribution is 2.15. The van der Waals surface area contributed by atoms with E-state index in [0.717, 1.165) is 0 Å². The van der Waals surface area contributed by atoms with Crippen molar-refractivity contribution in [1.82, 2.24) is 0 Å². The van der Waals surface area contributed by atoms with Crippen LogP contribution in [0.2, 0.25) is 0 Å². The summed E-state index contributed by atoms with van der Waals surface area (Å²) < 4.78 is 5.01. The van der Waals surface area contributed by atoms with Gasteiger partial charge in [0.2, 0.25) is 0 Å². The molecule has 0 spiro atoms. The van der Waals surface area contributed by atoms with Crippen LogP contribution in [0.25, 0.3) is 0 Å².